The molecule has 0 unspecified atom stereocenters. The van der Waals surface area contributed by atoms with Crippen LogP contribution in [-0.4, -0.2) is 9.49 Å². The van der Waals surface area contributed by atoms with Gasteiger partial charge in [-0.25, -0.2) is 0 Å². The minimum absolute atomic E-state index is 0.666. The van der Waals surface area contributed by atoms with Crippen LogP contribution in [0.3, 0.4) is 0 Å². The molecule has 2 aliphatic rings. The van der Waals surface area contributed by atoms with E-state index in [4.69, 9.17) is 0 Å². The molecule has 2 aliphatic carbocycles. The van der Waals surface area contributed by atoms with Crippen molar-refractivity contribution in [3.63, 3.8) is 0 Å². The van der Waals surface area contributed by atoms with E-state index in [1.807, 2.05) is 0 Å². The van der Waals surface area contributed by atoms with Gasteiger partial charge in [-0.05, 0) is 38.5 Å². The Morgan fingerprint density at radius 3 is 1.33 bits per heavy atom. The van der Waals surface area contributed by atoms with Gasteiger partial charge in [0.25, 0.3) is 0 Å². The third-order valence-electron chi connectivity index (χ3n) is 5.93. The summed E-state index contributed by atoms with van der Waals surface area (Å²) >= 11 is 2.52. The van der Waals surface area contributed by atoms with Gasteiger partial charge in [-0.3, -0.25) is 0 Å². The van der Waals surface area contributed by atoms with Crippen molar-refractivity contribution in [2.75, 3.05) is 0 Å². The van der Waals surface area contributed by atoms with Crippen LogP contribution in [0.15, 0.2) is 0 Å². The van der Waals surface area contributed by atoms with Crippen LogP contribution in [-0.2, 0) is 0 Å². The molecule has 0 bridgehead atoms. The molecule has 124 valence electrons. The molecule has 0 nitrogen and oxygen atoms in total. The summed E-state index contributed by atoms with van der Waals surface area (Å²) in [5.74, 6) is 0. The van der Waals surface area contributed by atoms with Crippen LogP contribution in [0.1, 0.15) is 117 Å². The maximum atomic E-state index is 2.52. The molecule has 0 aliphatic heterocycles. The fourth-order valence-electron chi connectivity index (χ4n) is 4.66. The quantitative estimate of drug-likeness (QED) is 0.447. The molecule has 0 amide bonds. The molecule has 0 N–H and O–H groups in total. The average molecular weight is 311 g/mol. The van der Waals surface area contributed by atoms with Gasteiger partial charge < -0.3 is 0 Å². The van der Waals surface area contributed by atoms with Crippen molar-refractivity contribution in [3.05, 3.63) is 0 Å². The first-order valence-corrected chi connectivity index (χ1v) is 10.8. The van der Waals surface area contributed by atoms with Crippen molar-refractivity contribution < 1.29 is 0 Å². The number of unbranched alkanes of at least 4 members (excludes halogenated alkanes) is 2. The van der Waals surface area contributed by atoms with Crippen LogP contribution in [0, 0.1) is 0 Å². The first-order chi connectivity index (χ1) is 10.2. The lowest BCUT2D eigenvalue weighted by Gasteiger charge is -2.47. The largest absolute Gasteiger partial charge is 0.148 e. The van der Waals surface area contributed by atoms with Crippen LogP contribution >= 0.6 is 11.8 Å². The van der Waals surface area contributed by atoms with Gasteiger partial charge >= 0.3 is 0 Å². The SMILES string of the molecule is CCCCC1(SC2(CCCC)CCCCC2)CCCCC1. The minimum Gasteiger partial charge on any atom is -0.148 e. The maximum Gasteiger partial charge on any atom is 0.0165 e. The fourth-order valence-corrected chi connectivity index (χ4v) is 7.05. The summed E-state index contributed by atoms with van der Waals surface area (Å²) in [5, 5.41) is 0. The molecule has 0 heterocycles. The Morgan fingerprint density at radius 1 is 0.619 bits per heavy atom. The van der Waals surface area contributed by atoms with E-state index in [0.717, 1.165) is 0 Å². The highest BCUT2D eigenvalue weighted by atomic mass is 32.2. The number of hydrogen-bond acceptors (Lipinski definition) is 1. The van der Waals surface area contributed by atoms with E-state index in [2.05, 4.69) is 25.6 Å². The van der Waals surface area contributed by atoms with Gasteiger partial charge in [0, 0.05) is 9.49 Å². The van der Waals surface area contributed by atoms with E-state index in [-0.39, 0.29) is 0 Å². The molecule has 1 heteroatoms. The van der Waals surface area contributed by atoms with E-state index in [1.54, 1.807) is 0 Å². The molecule has 21 heavy (non-hydrogen) atoms. The van der Waals surface area contributed by atoms with Crippen molar-refractivity contribution in [1.82, 2.24) is 0 Å². The van der Waals surface area contributed by atoms with Crippen molar-refractivity contribution >= 4 is 11.8 Å². The molecule has 2 rings (SSSR count). The summed E-state index contributed by atoms with van der Waals surface area (Å²) in [7, 11) is 0. The van der Waals surface area contributed by atoms with E-state index >= 15 is 0 Å². The van der Waals surface area contributed by atoms with Crippen LogP contribution < -0.4 is 0 Å². The fraction of sp³-hybridized carbons (Fsp3) is 1.00. The monoisotopic (exact) mass is 310 g/mol. The Kier molecular flexibility index (Phi) is 7.46. The molecule has 0 aromatic carbocycles. The van der Waals surface area contributed by atoms with Crippen molar-refractivity contribution in [3.8, 4) is 0 Å². The minimum atomic E-state index is 0.666. The van der Waals surface area contributed by atoms with Gasteiger partial charge in [0.15, 0.2) is 0 Å². The zero-order valence-electron chi connectivity index (χ0n) is 14.7. The first-order valence-electron chi connectivity index (χ1n) is 9.94. The Morgan fingerprint density at radius 2 is 1.00 bits per heavy atom. The van der Waals surface area contributed by atoms with Crippen molar-refractivity contribution in [1.29, 1.82) is 0 Å². The standard InChI is InChI=1S/C20H38S/c1-3-5-13-19(15-9-7-10-16-19)21-20(14-6-4-2)17-11-8-12-18-20/h3-18H2,1-2H3. The third kappa shape index (κ3) is 5.19. The van der Waals surface area contributed by atoms with Crippen molar-refractivity contribution in [2.45, 2.75) is 126 Å². The summed E-state index contributed by atoms with van der Waals surface area (Å²) in [6, 6.07) is 0. The summed E-state index contributed by atoms with van der Waals surface area (Å²) in [5.41, 5.74) is 0. The summed E-state index contributed by atoms with van der Waals surface area (Å²) in [4.78, 5) is 0. The predicted octanol–water partition coefficient (Wildman–Crippen LogP) is 7.51. The topological polar surface area (TPSA) is 0 Å². The second kappa shape index (κ2) is 8.85. The highest BCUT2D eigenvalue weighted by Gasteiger charge is 2.42. The molecule has 0 atom stereocenters. The summed E-state index contributed by atoms with van der Waals surface area (Å²) in [6.07, 6.45) is 23.7. The normalized spacial score (nSPS) is 24.9. The Balaban J connectivity index is 2.06. The molecule has 2 saturated carbocycles. The molecule has 0 radical (unpaired) electrons. The molecular weight excluding hydrogens is 272 g/mol. The van der Waals surface area contributed by atoms with Crippen LogP contribution in [0.25, 0.3) is 0 Å². The number of rotatable bonds is 8. The molecule has 0 aromatic heterocycles. The lowest BCUT2D eigenvalue weighted by molar-refractivity contribution is 0.337. The van der Waals surface area contributed by atoms with Gasteiger partial charge in [-0.15, -0.1) is 11.8 Å². The zero-order valence-corrected chi connectivity index (χ0v) is 15.5. The van der Waals surface area contributed by atoms with E-state index in [0.29, 0.717) is 9.49 Å². The van der Waals surface area contributed by atoms with E-state index < -0.39 is 0 Å². The van der Waals surface area contributed by atoms with Crippen LogP contribution in [0.5, 0.6) is 0 Å². The van der Waals surface area contributed by atoms with Gasteiger partial charge in [0.05, 0.1) is 0 Å². The Labute approximate surface area is 138 Å². The second-order valence-corrected chi connectivity index (χ2v) is 9.73. The number of hydrogen-bond donors (Lipinski definition) is 0. The van der Waals surface area contributed by atoms with E-state index in [9.17, 15) is 0 Å². The second-order valence-electron chi connectivity index (χ2n) is 7.80. The summed E-state index contributed by atoms with van der Waals surface area (Å²) in [6.45, 7) is 4.74. The van der Waals surface area contributed by atoms with Crippen LogP contribution in [0.4, 0.5) is 0 Å². The lowest BCUT2D eigenvalue weighted by Crippen LogP contribution is -2.38. The first kappa shape index (κ1) is 17.7. The molecule has 0 spiro atoms. The van der Waals surface area contributed by atoms with Gasteiger partial charge in [0.2, 0.25) is 0 Å². The highest BCUT2D eigenvalue weighted by Crippen LogP contribution is 2.55. The average Bonchev–Trinajstić information content (AvgIpc) is 2.53. The smallest absolute Gasteiger partial charge is 0.0165 e. The summed E-state index contributed by atoms with van der Waals surface area (Å²) < 4.78 is 1.33. The van der Waals surface area contributed by atoms with Gasteiger partial charge in [0.1, 0.15) is 0 Å². The maximum absolute atomic E-state index is 2.52. The van der Waals surface area contributed by atoms with E-state index in [1.165, 1.54) is 103 Å². The lowest BCUT2D eigenvalue weighted by atomic mass is 9.83. The number of thioether (sulfide) groups is 1. The Hall–Kier alpha value is 0.350. The molecule has 0 aromatic rings. The van der Waals surface area contributed by atoms with Gasteiger partial charge in [-0.1, -0.05) is 78.1 Å². The third-order valence-corrected chi connectivity index (χ3v) is 8.03. The Bertz CT molecular complexity index is 244. The molecule has 2 fully saturated rings. The van der Waals surface area contributed by atoms with Crippen LogP contribution in [0.2, 0.25) is 0 Å². The molecule has 0 saturated heterocycles. The zero-order chi connectivity index (χ0) is 15.0. The van der Waals surface area contributed by atoms with Crippen molar-refractivity contribution in [2.24, 2.45) is 0 Å². The predicted molar refractivity (Wildman–Crippen MR) is 98.3 cm³/mol. The van der Waals surface area contributed by atoms with Gasteiger partial charge in [-0.2, -0.15) is 0 Å². The molecular formula is C20H38S. The highest BCUT2D eigenvalue weighted by molar-refractivity contribution is 8.02.